The Morgan fingerprint density at radius 2 is 1.97 bits per heavy atom. The van der Waals surface area contributed by atoms with E-state index in [0.717, 1.165) is 42.8 Å². The van der Waals surface area contributed by atoms with Crippen molar-refractivity contribution in [2.24, 2.45) is 5.92 Å². The van der Waals surface area contributed by atoms with Crippen LogP contribution >= 0.6 is 0 Å². The number of carbonyl (C=O) groups is 1. The predicted molar refractivity (Wildman–Crippen MR) is 124 cm³/mol. The molecule has 0 spiro atoms. The van der Waals surface area contributed by atoms with Crippen LogP contribution in [0.1, 0.15) is 61.3 Å². The molecule has 0 aromatic heterocycles. The Kier molecular flexibility index (Phi) is 5.49. The summed E-state index contributed by atoms with van der Waals surface area (Å²) in [6.07, 6.45) is 4.44. The Morgan fingerprint density at radius 3 is 2.71 bits per heavy atom. The second-order valence-electron chi connectivity index (χ2n) is 9.29. The van der Waals surface area contributed by atoms with Crippen LogP contribution in [0.2, 0.25) is 0 Å². The number of ether oxygens (including phenoxy) is 1. The number of fused-ring (bicyclic) bond motifs is 3. The lowest BCUT2D eigenvalue weighted by Crippen LogP contribution is -2.49. The third-order valence-electron chi connectivity index (χ3n) is 7.48. The van der Waals surface area contributed by atoms with Gasteiger partial charge >= 0.3 is 0 Å². The van der Waals surface area contributed by atoms with E-state index >= 15 is 0 Å². The number of nitrogens with one attached hydrogen (secondary N) is 2. The maximum absolute atomic E-state index is 12.5. The average molecular weight is 420 g/mol. The molecule has 2 N–H and O–H groups in total. The summed E-state index contributed by atoms with van der Waals surface area (Å²) in [6.45, 7) is 2.98. The minimum absolute atomic E-state index is 0.178. The Balaban J connectivity index is 1.38. The third kappa shape index (κ3) is 3.74. The van der Waals surface area contributed by atoms with Crippen LogP contribution in [0.25, 0.3) is 0 Å². The molecule has 164 valence electrons. The van der Waals surface area contributed by atoms with Gasteiger partial charge in [0.25, 0.3) is 0 Å². The van der Waals surface area contributed by atoms with Crippen molar-refractivity contribution in [3.05, 3.63) is 59.2 Å². The molecule has 2 heterocycles. The molecule has 1 saturated carbocycles. The number of anilines is 1. The fraction of sp³-hybridized carbons (Fsp3) is 0.500. The Labute approximate surface area is 185 Å². The summed E-state index contributed by atoms with van der Waals surface area (Å²) >= 11 is 0. The quantitative estimate of drug-likeness (QED) is 0.739. The molecular weight excluding hydrogens is 386 g/mol. The van der Waals surface area contributed by atoms with Crippen molar-refractivity contribution in [3.63, 3.8) is 0 Å². The van der Waals surface area contributed by atoms with Gasteiger partial charge in [-0.15, -0.1) is 0 Å². The van der Waals surface area contributed by atoms with Crippen molar-refractivity contribution in [1.82, 2.24) is 10.6 Å². The summed E-state index contributed by atoms with van der Waals surface area (Å²) in [6, 6.07) is 16.3. The second kappa shape index (κ2) is 8.29. The first-order valence-corrected chi connectivity index (χ1v) is 11.6. The zero-order valence-corrected chi connectivity index (χ0v) is 18.7. The molecule has 5 rings (SSSR count). The van der Waals surface area contributed by atoms with Gasteiger partial charge in [0.15, 0.2) is 0 Å². The summed E-state index contributed by atoms with van der Waals surface area (Å²) in [5.41, 5.74) is 4.76. The molecule has 5 atom stereocenters. The molecule has 0 bridgehead atoms. The molecular formula is C26H33N3O2. The summed E-state index contributed by atoms with van der Waals surface area (Å²) in [4.78, 5) is 14.4. The number of hydrogen-bond donors (Lipinski definition) is 2. The van der Waals surface area contributed by atoms with Crippen LogP contribution < -0.4 is 20.3 Å². The van der Waals surface area contributed by atoms with Gasteiger partial charge in [0.1, 0.15) is 5.75 Å². The molecule has 5 heteroatoms. The van der Waals surface area contributed by atoms with Gasteiger partial charge in [-0.25, -0.2) is 0 Å². The highest BCUT2D eigenvalue weighted by molar-refractivity contribution is 6.01. The molecule has 2 aromatic rings. The summed E-state index contributed by atoms with van der Waals surface area (Å²) < 4.78 is 5.77. The first-order valence-electron chi connectivity index (χ1n) is 11.6. The van der Waals surface area contributed by atoms with E-state index in [4.69, 9.17) is 4.74 Å². The number of nitrogens with zero attached hydrogens (tertiary/aromatic N) is 1. The number of hydrogen-bond acceptors (Lipinski definition) is 4. The largest absolute Gasteiger partial charge is 0.496 e. The zero-order valence-electron chi connectivity index (χ0n) is 18.7. The molecule has 5 nitrogen and oxygen atoms in total. The molecule has 1 unspecified atom stereocenters. The monoisotopic (exact) mass is 419 g/mol. The number of rotatable bonds is 6. The van der Waals surface area contributed by atoms with E-state index in [1.165, 1.54) is 17.5 Å². The highest BCUT2D eigenvalue weighted by Gasteiger charge is 2.50. The van der Waals surface area contributed by atoms with Crippen molar-refractivity contribution in [2.75, 3.05) is 19.1 Å². The van der Waals surface area contributed by atoms with Crippen LogP contribution in [0, 0.1) is 5.92 Å². The number of methoxy groups -OCH3 is 1. The van der Waals surface area contributed by atoms with Crippen LogP contribution in [0.15, 0.2) is 42.5 Å². The van der Waals surface area contributed by atoms with E-state index in [0.29, 0.717) is 24.0 Å². The van der Waals surface area contributed by atoms with E-state index in [9.17, 15) is 4.79 Å². The van der Waals surface area contributed by atoms with Crippen LogP contribution in [0.4, 0.5) is 5.69 Å². The first-order chi connectivity index (χ1) is 15.1. The molecule has 1 amide bonds. The maximum atomic E-state index is 12.5. The SMILES string of the molecule is CC[C@@H]1CC[C@@H](NCc2cc3c(cc2OC)C2C[C@H]2C(=O)N3C)[C@@H](c2ccccc2)N1. The number of carbonyl (C=O) groups excluding carboxylic acids is 1. The summed E-state index contributed by atoms with van der Waals surface area (Å²) in [7, 11) is 3.65. The minimum Gasteiger partial charge on any atom is -0.496 e. The molecule has 1 saturated heterocycles. The van der Waals surface area contributed by atoms with Crippen molar-refractivity contribution >= 4 is 11.6 Å². The Bertz CT molecular complexity index is 961. The van der Waals surface area contributed by atoms with E-state index in [2.05, 4.69) is 60.0 Å². The van der Waals surface area contributed by atoms with Crippen LogP contribution in [-0.2, 0) is 11.3 Å². The zero-order chi connectivity index (χ0) is 21.5. The van der Waals surface area contributed by atoms with Crippen LogP contribution in [0.3, 0.4) is 0 Å². The van der Waals surface area contributed by atoms with Gasteiger partial charge in [-0.05, 0) is 54.9 Å². The highest BCUT2D eigenvalue weighted by Crippen LogP contribution is 2.56. The smallest absolute Gasteiger partial charge is 0.230 e. The third-order valence-corrected chi connectivity index (χ3v) is 7.48. The summed E-state index contributed by atoms with van der Waals surface area (Å²) in [5.74, 6) is 1.74. The number of piperidine rings is 1. The summed E-state index contributed by atoms with van der Waals surface area (Å²) in [5, 5.41) is 7.68. The minimum atomic E-state index is 0.178. The van der Waals surface area contributed by atoms with E-state index in [1.807, 2.05) is 11.9 Å². The molecule has 1 aliphatic carbocycles. The molecule has 3 aliphatic rings. The van der Waals surface area contributed by atoms with Gasteiger partial charge in [-0.3, -0.25) is 4.79 Å². The Morgan fingerprint density at radius 1 is 1.16 bits per heavy atom. The normalized spacial score (nSPS) is 29.3. The molecule has 2 fully saturated rings. The van der Waals surface area contributed by atoms with Crippen LogP contribution in [-0.4, -0.2) is 32.1 Å². The van der Waals surface area contributed by atoms with E-state index < -0.39 is 0 Å². The van der Waals surface area contributed by atoms with Gasteiger partial charge in [-0.1, -0.05) is 37.3 Å². The first kappa shape index (κ1) is 20.5. The molecule has 2 aliphatic heterocycles. The average Bonchev–Trinajstić information content (AvgIpc) is 3.62. The van der Waals surface area contributed by atoms with E-state index in [-0.39, 0.29) is 11.8 Å². The second-order valence-corrected chi connectivity index (χ2v) is 9.29. The van der Waals surface area contributed by atoms with Gasteiger partial charge in [0, 0.05) is 48.9 Å². The number of benzene rings is 2. The predicted octanol–water partition coefficient (Wildman–Crippen LogP) is 4.14. The molecule has 0 radical (unpaired) electrons. The van der Waals surface area contributed by atoms with Crippen molar-refractivity contribution in [1.29, 1.82) is 0 Å². The van der Waals surface area contributed by atoms with Gasteiger partial charge in [-0.2, -0.15) is 0 Å². The lowest BCUT2D eigenvalue weighted by atomic mass is 9.88. The molecule has 2 aromatic carbocycles. The van der Waals surface area contributed by atoms with E-state index in [1.54, 1.807) is 7.11 Å². The standard InChI is InChI=1S/C26H33N3O2/c1-4-18-10-11-22(25(28-18)16-8-6-5-7-9-16)27-15-17-12-23-20(14-24(17)31-3)19-13-21(19)26(30)29(23)2/h5-9,12,14,18-19,21-22,25,27-28H,4,10-11,13,15H2,1-3H3/t18-,19?,21-,22-,25-/m1/s1. The van der Waals surface area contributed by atoms with Crippen molar-refractivity contribution < 1.29 is 9.53 Å². The molecule has 31 heavy (non-hydrogen) atoms. The van der Waals surface area contributed by atoms with Gasteiger partial charge in [0.2, 0.25) is 5.91 Å². The fourth-order valence-corrected chi connectivity index (χ4v) is 5.49. The van der Waals surface area contributed by atoms with Crippen molar-refractivity contribution in [3.8, 4) is 5.75 Å². The number of amides is 1. The topological polar surface area (TPSA) is 53.6 Å². The lowest BCUT2D eigenvalue weighted by Gasteiger charge is -2.38. The maximum Gasteiger partial charge on any atom is 0.230 e. The van der Waals surface area contributed by atoms with Crippen molar-refractivity contribution in [2.45, 2.75) is 63.2 Å². The fourth-order valence-electron chi connectivity index (χ4n) is 5.49. The van der Waals surface area contributed by atoms with Gasteiger partial charge in [0.05, 0.1) is 7.11 Å². The lowest BCUT2D eigenvalue weighted by molar-refractivity contribution is -0.119. The van der Waals surface area contributed by atoms with Crippen LogP contribution in [0.5, 0.6) is 5.75 Å². The van der Waals surface area contributed by atoms with Gasteiger partial charge < -0.3 is 20.3 Å². The Hall–Kier alpha value is -2.37. The highest BCUT2D eigenvalue weighted by atomic mass is 16.5.